The van der Waals surface area contributed by atoms with E-state index in [1.54, 1.807) is 6.08 Å². The number of unbranched alkanes of at least 4 members (excludes halogenated alkanes) is 16. The monoisotopic (exact) mass is 1010 g/mol. The third-order valence-corrected chi connectivity index (χ3v) is 13.9. The number of hydrogen-bond acceptors (Lipinski definition) is 16. The summed E-state index contributed by atoms with van der Waals surface area (Å²) in [6, 6.07) is 0. The molecule has 0 amide bonds. The number of aliphatic hydroxyl groups excluding tert-OH is 6. The first-order valence-electron chi connectivity index (χ1n) is 25.0. The SMILES string of the molecule is CCCCCCCCCCCCCCCCCC(=O)OC[C@@H]1COP(=O)(O)O[C@H]2[C@H](O)[C@@H](O)[C@H](O)[C@@H](C/C=C\CCCC(=O)O1)C(=O)C[C@@H](O)[C@H](/C=C/[C@@H](O)CCCCC)[C@@H](O)[C@H]2OP(=O)(O)O. The van der Waals surface area contributed by atoms with Gasteiger partial charge in [-0.2, -0.15) is 0 Å². The van der Waals surface area contributed by atoms with Crippen molar-refractivity contribution in [1.29, 1.82) is 0 Å². The average molecular weight is 1020 g/mol. The van der Waals surface area contributed by atoms with Crippen LogP contribution >= 0.6 is 15.6 Å². The third-order valence-electron chi connectivity index (χ3n) is 12.4. The molecule has 12 atom stereocenters. The van der Waals surface area contributed by atoms with Crippen molar-refractivity contribution in [3.8, 4) is 0 Å². The highest BCUT2D eigenvalue weighted by molar-refractivity contribution is 7.47. The van der Waals surface area contributed by atoms with E-state index in [-0.39, 0.29) is 38.5 Å². The standard InChI is InChI=1S/C47H84O19P2/c1-3-5-7-8-9-10-11-12-13-14-15-16-17-18-23-27-40(51)62-32-35-33-63-68(60,61)66-47-45(56)44(55)42(53)36(26-22-19-20-24-28-41(52)64-35)38(49)31-39(50)37(30-29-34(48)25-21-6-4-2)43(54)46(47)65-67(57,58)59/h19,22,29-30,34-37,39,42-48,50,53-56H,3-18,20-21,23-28,31-33H2,1-2H3,(H,60,61)(H2,57,58,59)/b22-19-,30-29+/t34-,35+,36-,37-,39+,42+,43+,44-,45+,46+,47-/m0/s1. The minimum absolute atomic E-state index is 0.0555. The lowest BCUT2D eigenvalue weighted by atomic mass is 9.84. The Hall–Kier alpha value is -1.93. The molecule has 1 aliphatic carbocycles. The van der Waals surface area contributed by atoms with Crippen LogP contribution in [0.1, 0.15) is 174 Å². The van der Waals surface area contributed by atoms with Gasteiger partial charge in [-0.1, -0.05) is 147 Å². The van der Waals surface area contributed by atoms with Crippen molar-refractivity contribution >= 4 is 33.4 Å². The second-order valence-electron chi connectivity index (χ2n) is 18.3. The molecular weight excluding hydrogens is 930 g/mol. The number of ketones is 1. The van der Waals surface area contributed by atoms with E-state index in [0.29, 0.717) is 12.8 Å². The largest absolute Gasteiger partial charge is 0.472 e. The summed E-state index contributed by atoms with van der Waals surface area (Å²) >= 11 is 0. The molecule has 0 aromatic heterocycles. The van der Waals surface area contributed by atoms with Crippen molar-refractivity contribution in [1.82, 2.24) is 0 Å². The Kier molecular flexibility index (Phi) is 31.5. The third kappa shape index (κ3) is 26.0. The molecule has 19 nitrogen and oxygen atoms in total. The second-order valence-corrected chi connectivity index (χ2v) is 20.9. The summed E-state index contributed by atoms with van der Waals surface area (Å²) in [5, 5.41) is 68.0. The van der Waals surface area contributed by atoms with Gasteiger partial charge in [0.05, 0.1) is 31.0 Å². The predicted molar refractivity (Wildman–Crippen MR) is 251 cm³/mol. The Bertz CT molecular complexity index is 1570. The molecule has 0 aromatic rings. The molecule has 0 saturated heterocycles. The van der Waals surface area contributed by atoms with Crippen LogP contribution in [0, 0.1) is 11.8 Å². The number of ether oxygens (including phenoxy) is 2. The van der Waals surface area contributed by atoms with Gasteiger partial charge in [-0.15, -0.1) is 0 Å². The number of carbonyl (C=O) groups excluding carboxylic acids is 3. The van der Waals surface area contributed by atoms with Crippen LogP contribution in [0.4, 0.5) is 0 Å². The van der Waals surface area contributed by atoms with Crippen LogP contribution in [0.3, 0.4) is 0 Å². The number of phosphoric acid groups is 2. The van der Waals surface area contributed by atoms with Gasteiger partial charge < -0.3 is 54.8 Å². The van der Waals surface area contributed by atoms with E-state index in [0.717, 1.165) is 50.7 Å². The first-order valence-corrected chi connectivity index (χ1v) is 28.0. The topological polar surface area (TPSA) is 314 Å². The van der Waals surface area contributed by atoms with Gasteiger partial charge >= 0.3 is 27.6 Å². The van der Waals surface area contributed by atoms with Gasteiger partial charge in [-0.05, 0) is 32.1 Å². The summed E-state index contributed by atoms with van der Waals surface area (Å²) in [4.78, 5) is 70.3. The summed E-state index contributed by atoms with van der Waals surface area (Å²) in [6.45, 7) is 2.56. The molecule has 2 bridgehead atoms. The Morgan fingerprint density at radius 2 is 1.40 bits per heavy atom. The quantitative estimate of drug-likeness (QED) is 0.0198. The summed E-state index contributed by atoms with van der Waals surface area (Å²) < 4.78 is 52.1. The molecule has 1 saturated carbocycles. The molecular formula is C47H84O19P2. The lowest BCUT2D eigenvalue weighted by Gasteiger charge is -2.38. The zero-order valence-corrected chi connectivity index (χ0v) is 42.0. The maximum atomic E-state index is 13.7. The van der Waals surface area contributed by atoms with Gasteiger partial charge in [-0.3, -0.25) is 28.0 Å². The number of aliphatic hydroxyl groups is 6. The summed E-state index contributed by atoms with van der Waals surface area (Å²) in [6.07, 6.45) is 4.37. The molecule has 68 heavy (non-hydrogen) atoms. The Morgan fingerprint density at radius 3 is 1.99 bits per heavy atom. The molecule has 0 aromatic carbocycles. The highest BCUT2D eigenvalue weighted by Crippen LogP contribution is 2.49. The molecule has 0 radical (unpaired) electrons. The fraction of sp³-hybridized carbons (Fsp3) is 0.851. The number of Topliss-reactive ketones (excluding diaryl/α,β-unsaturated/α-hetero) is 1. The molecule has 2 rings (SSSR count). The van der Waals surface area contributed by atoms with Crippen molar-refractivity contribution < 1.29 is 91.9 Å². The van der Waals surface area contributed by atoms with Crippen LogP contribution in [-0.4, -0.2) is 131 Å². The maximum absolute atomic E-state index is 13.7. The van der Waals surface area contributed by atoms with Crippen molar-refractivity contribution in [3.63, 3.8) is 0 Å². The van der Waals surface area contributed by atoms with Crippen LogP contribution < -0.4 is 0 Å². The average Bonchev–Trinajstić information content (AvgIpc) is 3.28. The van der Waals surface area contributed by atoms with Crippen LogP contribution in [0.5, 0.6) is 0 Å². The number of hydrogen-bond donors (Lipinski definition) is 9. The highest BCUT2D eigenvalue weighted by atomic mass is 31.2. The molecule has 1 heterocycles. The van der Waals surface area contributed by atoms with Crippen molar-refractivity contribution in [3.05, 3.63) is 24.3 Å². The van der Waals surface area contributed by atoms with Crippen molar-refractivity contribution in [2.24, 2.45) is 11.8 Å². The lowest BCUT2D eigenvalue weighted by Crippen LogP contribution is -2.56. The number of fused-ring (bicyclic) bond motifs is 4. The van der Waals surface area contributed by atoms with Gasteiger partial charge in [0.1, 0.15) is 36.8 Å². The van der Waals surface area contributed by atoms with E-state index in [9.17, 15) is 68.8 Å². The zero-order valence-electron chi connectivity index (χ0n) is 40.3. The van der Waals surface area contributed by atoms with Gasteiger partial charge in [0, 0.05) is 31.1 Å². The van der Waals surface area contributed by atoms with E-state index in [1.165, 1.54) is 70.3 Å². The van der Waals surface area contributed by atoms with Crippen LogP contribution in [0.2, 0.25) is 0 Å². The first kappa shape index (κ1) is 62.2. The molecule has 1 fully saturated rings. The molecule has 0 spiro atoms. The van der Waals surface area contributed by atoms with Gasteiger partial charge in [0.15, 0.2) is 6.10 Å². The van der Waals surface area contributed by atoms with Crippen LogP contribution in [0.25, 0.3) is 0 Å². The maximum Gasteiger partial charge on any atom is 0.472 e. The van der Waals surface area contributed by atoms with E-state index in [4.69, 9.17) is 23.0 Å². The van der Waals surface area contributed by atoms with Gasteiger partial charge in [0.25, 0.3) is 0 Å². The zero-order chi connectivity index (χ0) is 50.5. The van der Waals surface area contributed by atoms with Crippen molar-refractivity contribution in [2.75, 3.05) is 13.2 Å². The fourth-order valence-corrected chi connectivity index (χ4v) is 9.90. The minimum Gasteiger partial charge on any atom is -0.462 e. The van der Waals surface area contributed by atoms with Gasteiger partial charge in [-0.25, -0.2) is 9.13 Å². The number of phosphoric ester groups is 2. The second kappa shape index (κ2) is 34.4. The predicted octanol–water partition coefficient (Wildman–Crippen LogP) is 6.32. The molecule has 2 aliphatic rings. The Balaban J connectivity index is 2.28. The number of allylic oxidation sites excluding steroid dienone is 2. The molecule has 21 heteroatoms. The number of rotatable bonds is 26. The normalized spacial score (nSPS) is 30.6. The van der Waals surface area contributed by atoms with E-state index in [2.05, 4.69) is 6.92 Å². The minimum atomic E-state index is -5.78. The molecule has 396 valence electrons. The fourth-order valence-electron chi connectivity index (χ4n) is 8.37. The summed E-state index contributed by atoms with van der Waals surface area (Å²) in [5.41, 5.74) is 0. The lowest BCUT2D eigenvalue weighted by molar-refractivity contribution is -0.165. The highest BCUT2D eigenvalue weighted by Gasteiger charge is 2.51. The Morgan fingerprint density at radius 1 is 0.824 bits per heavy atom. The summed E-state index contributed by atoms with van der Waals surface area (Å²) in [5.74, 6) is -5.64. The Labute approximate surface area is 402 Å². The number of esters is 2. The van der Waals surface area contributed by atoms with Crippen LogP contribution in [-0.2, 0) is 46.6 Å². The van der Waals surface area contributed by atoms with E-state index >= 15 is 0 Å². The molecule has 1 unspecified atom stereocenters. The smallest absolute Gasteiger partial charge is 0.462 e. The molecule has 9 N–H and O–H groups in total. The van der Waals surface area contributed by atoms with Crippen molar-refractivity contribution in [2.45, 2.75) is 229 Å². The van der Waals surface area contributed by atoms with Crippen LogP contribution in [0.15, 0.2) is 24.3 Å². The number of carbonyl (C=O) groups is 3. The first-order chi connectivity index (χ1) is 32.3. The van der Waals surface area contributed by atoms with E-state index < -0.39 is 120 Å². The van der Waals surface area contributed by atoms with Gasteiger partial charge in [0.2, 0.25) is 0 Å². The number of cyclic esters (lactones) is 1. The summed E-state index contributed by atoms with van der Waals surface area (Å²) in [7, 11) is -11.5. The van der Waals surface area contributed by atoms with E-state index in [1.807, 2.05) is 6.92 Å². The molecule has 1 aliphatic heterocycles.